The molecule has 150 valence electrons. The molecule has 8 heteroatoms. The number of nitrogens with zero attached hydrogens (tertiary/aromatic N) is 1. The Morgan fingerprint density at radius 2 is 2.07 bits per heavy atom. The van der Waals surface area contributed by atoms with Gasteiger partial charge in [0.2, 0.25) is 5.91 Å². The lowest BCUT2D eigenvalue weighted by Gasteiger charge is -2.25. The molecule has 1 saturated heterocycles. The lowest BCUT2D eigenvalue weighted by Crippen LogP contribution is -2.50. The normalized spacial score (nSPS) is 15.4. The number of thiazole rings is 1. The predicted molar refractivity (Wildman–Crippen MR) is 111 cm³/mol. The number of halogens is 1. The molecule has 0 unspecified atom stereocenters. The molecule has 1 aliphatic rings. The summed E-state index contributed by atoms with van der Waals surface area (Å²) >= 11 is 7.74. The molecule has 3 N–H and O–H groups in total. The number of hydrogen-bond donors (Lipinski definition) is 3. The molecule has 1 aliphatic heterocycles. The Labute approximate surface area is 173 Å². The molecule has 0 radical (unpaired) electrons. The van der Waals surface area contributed by atoms with Gasteiger partial charge in [-0.15, -0.1) is 11.3 Å². The van der Waals surface area contributed by atoms with E-state index in [0.717, 1.165) is 36.5 Å². The van der Waals surface area contributed by atoms with Crippen molar-refractivity contribution in [2.24, 2.45) is 0 Å². The first-order chi connectivity index (χ1) is 13.3. The van der Waals surface area contributed by atoms with E-state index < -0.39 is 11.5 Å². The maximum Gasteiger partial charge on any atom is 0.328 e. The highest BCUT2D eigenvalue weighted by Gasteiger charge is 2.29. The number of benzene rings is 1. The molecule has 6 nitrogen and oxygen atoms in total. The van der Waals surface area contributed by atoms with Gasteiger partial charge in [-0.3, -0.25) is 4.79 Å². The van der Waals surface area contributed by atoms with E-state index >= 15 is 0 Å². The van der Waals surface area contributed by atoms with Crippen LogP contribution in [0.25, 0.3) is 10.6 Å². The molecule has 1 amide bonds. The van der Waals surface area contributed by atoms with E-state index in [1.807, 2.05) is 23.6 Å². The molecule has 3 rings (SSSR count). The number of piperidine rings is 1. The van der Waals surface area contributed by atoms with Crippen molar-refractivity contribution in [1.82, 2.24) is 15.6 Å². The fourth-order valence-corrected chi connectivity index (χ4v) is 4.37. The highest BCUT2D eigenvalue weighted by atomic mass is 35.5. The fraction of sp³-hybridized carbons (Fsp3) is 0.450. The van der Waals surface area contributed by atoms with Crippen LogP contribution in [0.5, 0.6) is 0 Å². The van der Waals surface area contributed by atoms with Crippen LogP contribution in [0.4, 0.5) is 0 Å². The Morgan fingerprint density at radius 3 is 2.75 bits per heavy atom. The molecule has 0 atom stereocenters. The van der Waals surface area contributed by atoms with Crippen molar-refractivity contribution in [2.45, 2.75) is 44.6 Å². The van der Waals surface area contributed by atoms with Crippen molar-refractivity contribution in [3.8, 4) is 10.6 Å². The smallest absolute Gasteiger partial charge is 0.328 e. The van der Waals surface area contributed by atoms with Crippen LogP contribution >= 0.6 is 22.9 Å². The van der Waals surface area contributed by atoms with Gasteiger partial charge in [-0.1, -0.05) is 17.7 Å². The Morgan fingerprint density at radius 1 is 1.36 bits per heavy atom. The van der Waals surface area contributed by atoms with E-state index in [2.05, 4.69) is 15.6 Å². The molecule has 0 saturated carbocycles. The third kappa shape index (κ3) is 4.90. The molecule has 28 heavy (non-hydrogen) atoms. The number of amides is 1. The number of carbonyl (C=O) groups excluding carboxylic acids is 1. The van der Waals surface area contributed by atoms with Crippen molar-refractivity contribution in [3.05, 3.63) is 39.9 Å². The topological polar surface area (TPSA) is 91.3 Å². The first kappa shape index (κ1) is 20.8. The summed E-state index contributed by atoms with van der Waals surface area (Å²) in [5.41, 5.74) is 1.57. The van der Waals surface area contributed by atoms with Gasteiger partial charge in [-0.25, -0.2) is 9.78 Å². The molecule has 0 spiro atoms. The van der Waals surface area contributed by atoms with Crippen LogP contribution in [-0.2, 0) is 16.0 Å². The van der Waals surface area contributed by atoms with Gasteiger partial charge in [-0.05, 0) is 63.4 Å². The van der Waals surface area contributed by atoms with Crippen molar-refractivity contribution in [1.29, 1.82) is 0 Å². The van der Waals surface area contributed by atoms with Gasteiger partial charge in [-0.2, -0.15) is 0 Å². The predicted octanol–water partition coefficient (Wildman–Crippen LogP) is 3.45. The first-order valence-electron chi connectivity index (χ1n) is 9.25. The largest absolute Gasteiger partial charge is 0.480 e. The summed E-state index contributed by atoms with van der Waals surface area (Å²) in [5.74, 6) is -1.01. The molecule has 1 fully saturated rings. The van der Waals surface area contributed by atoms with E-state index in [-0.39, 0.29) is 12.3 Å². The van der Waals surface area contributed by atoms with Crippen LogP contribution in [0.1, 0.15) is 43.9 Å². The quantitative estimate of drug-likeness (QED) is 0.664. The molecule has 0 bridgehead atoms. The van der Waals surface area contributed by atoms with Crippen molar-refractivity contribution < 1.29 is 14.7 Å². The summed E-state index contributed by atoms with van der Waals surface area (Å²) in [4.78, 5) is 28.0. The van der Waals surface area contributed by atoms with Crippen LogP contribution < -0.4 is 10.6 Å². The minimum absolute atomic E-state index is 0.0451. The number of carbonyl (C=O) groups is 2. The monoisotopic (exact) mass is 421 g/mol. The SMILES string of the molecule is CC(C)(NC(=O)Cc1csc(-c2ccc(Cl)cc2C2CCNCC2)n1)C(=O)O. The second-order valence-electron chi connectivity index (χ2n) is 7.55. The Hall–Kier alpha value is -1.96. The van der Waals surface area contributed by atoms with Gasteiger partial charge in [0.05, 0.1) is 12.1 Å². The number of aliphatic carboxylic acids is 1. The molecular weight excluding hydrogens is 398 g/mol. The minimum atomic E-state index is -1.31. The summed E-state index contributed by atoms with van der Waals surface area (Å²) in [6, 6.07) is 5.89. The summed E-state index contributed by atoms with van der Waals surface area (Å²) in [7, 11) is 0. The van der Waals surface area contributed by atoms with Gasteiger partial charge < -0.3 is 15.7 Å². The first-order valence-corrected chi connectivity index (χ1v) is 10.5. The zero-order chi connectivity index (χ0) is 20.3. The maximum absolute atomic E-state index is 12.2. The van der Waals surface area contributed by atoms with Gasteiger partial charge in [0.15, 0.2) is 0 Å². The Kier molecular flexibility index (Phi) is 6.37. The standard InChI is InChI=1S/C20H24ClN3O3S/c1-20(2,19(26)27)24-17(25)10-14-11-28-18(23-14)15-4-3-13(21)9-16(15)12-5-7-22-8-6-12/h3-4,9,11-12,22H,5-8,10H2,1-2H3,(H,24,25)(H,26,27). The van der Waals surface area contributed by atoms with Gasteiger partial charge in [0, 0.05) is 16.0 Å². The van der Waals surface area contributed by atoms with Gasteiger partial charge in [0.25, 0.3) is 0 Å². The van der Waals surface area contributed by atoms with E-state index in [9.17, 15) is 9.59 Å². The van der Waals surface area contributed by atoms with E-state index in [1.165, 1.54) is 30.7 Å². The van der Waals surface area contributed by atoms with E-state index in [1.54, 1.807) is 0 Å². The zero-order valence-electron chi connectivity index (χ0n) is 15.9. The van der Waals surface area contributed by atoms with Crippen LogP contribution in [0.2, 0.25) is 5.02 Å². The molecule has 0 aliphatic carbocycles. The third-order valence-electron chi connectivity index (χ3n) is 4.90. The second-order valence-corrected chi connectivity index (χ2v) is 8.85. The van der Waals surface area contributed by atoms with Crippen molar-refractivity contribution in [2.75, 3.05) is 13.1 Å². The summed E-state index contributed by atoms with van der Waals surface area (Å²) in [6.07, 6.45) is 2.15. The van der Waals surface area contributed by atoms with Crippen LogP contribution in [0.3, 0.4) is 0 Å². The molecular formula is C20H24ClN3O3S. The third-order valence-corrected chi connectivity index (χ3v) is 6.06. The lowest BCUT2D eigenvalue weighted by atomic mass is 9.87. The fourth-order valence-electron chi connectivity index (χ4n) is 3.32. The van der Waals surface area contributed by atoms with Crippen LogP contribution in [0, 0.1) is 0 Å². The summed E-state index contributed by atoms with van der Waals surface area (Å²) in [5, 5.41) is 18.5. The van der Waals surface area contributed by atoms with Crippen LogP contribution in [0.15, 0.2) is 23.6 Å². The van der Waals surface area contributed by atoms with E-state index in [4.69, 9.17) is 16.7 Å². The number of rotatable bonds is 6. The second kappa shape index (κ2) is 8.59. The number of hydrogen-bond acceptors (Lipinski definition) is 5. The van der Waals surface area contributed by atoms with Crippen molar-refractivity contribution >= 4 is 34.8 Å². The number of carboxylic acid groups (broad SMARTS) is 1. The molecule has 2 aromatic rings. The van der Waals surface area contributed by atoms with Gasteiger partial charge >= 0.3 is 5.97 Å². The maximum atomic E-state index is 12.2. The number of aromatic nitrogens is 1. The Bertz CT molecular complexity index is 875. The highest BCUT2D eigenvalue weighted by Crippen LogP contribution is 2.37. The molecule has 1 aromatic carbocycles. The number of nitrogens with one attached hydrogen (secondary N) is 2. The van der Waals surface area contributed by atoms with Crippen LogP contribution in [-0.4, -0.2) is 40.6 Å². The highest BCUT2D eigenvalue weighted by molar-refractivity contribution is 7.13. The summed E-state index contributed by atoms with van der Waals surface area (Å²) < 4.78 is 0. The molecule has 1 aromatic heterocycles. The van der Waals surface area contributed by atoms with E-state index in [0.29, 0.717) is 16.6 Å². The Balaban J connectivity index is 1.78. The average Bonchev–Trinajstić information content (AvgIpc) is 3.09. The number of carboxylic acids is 1. The molecule has 2 heterocycles. The lowest BCUT2D eigenvalue weighted by molar-refractivity contribution is -0.145. The van der Waals surface area contributed by atoms with Gasteiger partial charge in [0.1, 0.15) is 10.5 Å². The van der Waals surface area contributed by atoms with Crippen molar-refractivity contribution in [3.63, 3.8) is 0 Å². The summed E-state index contributed by atoms with van der Waals surface area (Å²) in [6.45, 7) is 4.88. The average molecular weight is 422 g/mol. The minimum Gasteiger partial charge on any atom is -0.480 e. The zero-order valence-corrected chi connectivity index (χ0v) is 17.5.